The first-order valence-electron chi connectivity index (χ1n) is 7.45. The highest BCUT2D eigenvalue weighted by Gasteiger charge is 2.33. The lowest BCUT2D eigenvalue weighted by Crippen LogP contribution is -2.48. The second-order valence-electron chi connectivity index (χ2n) is 6.47. The summed E-state index contributed by atoms with van der Waals surface area (Å²) in [5.74, 6) is 2.29. The van der Waals surface area contributed by atoms with Gasteiger partial charge in [0.05, 0.1) is 0 Å². The minimum absolute atomic E-state index is 0.409. The second-order valence-corrected chi connectivity index (χ2v) is 6.47. The molecular formula is C15H32N2. The molecule has 0 heterocycles. The Hall–Kier alpha value is -0.0800. The highest BCUT2D eigenvalue weighted by Crippen LogP contribution is 2.33. The second kappa shape index (κ2) is 6.75. The van der Waals surface area contributed by atoms with E-state index in [-0.39, 0.29) is 0 Å². The summed E-state index contributed by atoms with van der Waals surface area (Å²) in [4.78, 5) is 2.61. The SMILES string of the molecule is CCCN(CC1C(C)CC(C)CC1N)C(C)C. The Morgan fingerprint density at radius 2 is 1.88 bits per heavy atom. The Bertz CT molecular complexity index is 203. The van der Waals surface area contributed by atoms with Crippen molar-refractivity contribution in [2.24, 2.45) is 23.5 Å². The van der Waals surface area contributed by atoms with Crippen LogP contribution in [0.4, 0.5) is 0 Å². The predicted octanol–water partition coefficient (Wildman–Crippen LogP) is 3.12. The van der Waals surface area contributed by atoms with Gasteiger partial charge in [0.2, 0.25) is 0 Å². The van der Waals surface area contributed by atoms with Crippen LogP contribution in [0.1, 0.15) is 53.9 Å². The predicted molar refractivity (Wildman–Crippen MR) is 76.0 cm³/mol. The van der Waals surface area contributed by atoms with Crippen molar-refractivity contribution in [2.75, 3.05) is 13.1 Å². The number of nitrogens with zero attached hydrogens (tertiary/aromatic N) is 1. The monoisotopic (exact) mass is 240 g/mol. The van der Waals surface area contributed by atoms with Gasteiger partial charge < -0.3 is 10.6 Å². The first-order chi connectivity index (χ1) is 7.95. The maximum Gasteiger partial charge on any atom is 0.00844 e. The van der Waals surface area contributed by atoms with Gasteiger partial charge in [-0.1, -0.05) is 20.8 Å². The van der Waals surface area contributed by atoms with Gasteiger partial charge in [0.15, 0.2) is 0 Å². The van der Waals surface area contributed by atoms with Crippen molar-refractivity contribution in [3.8, 4) is 0 Å². The van der Waals surface area contributed by atoms with E-state index in [1.165, 1.54) is 32.4 Å². The van der Waals surface area contributed by atoms with Crippen LogP contribution in [0.15, 0.2) is 0 Å². The van der Waals surface area contributed by atoms with Gasteiger partial charge in [-0.25, -0.2) is 0 Å². The molecule has 4 unspecified atom stereocenters. The molecule has 0 radical (unpaired) electrons. The molecule has 0 saturated heterocycles. The quantitative estimate of drug-likeness (QED) is 0.800. The summed E-state index contributed by atoms with van der Waals surface area (Å²) in [5, 5.41) is 0. The van der Waals surface area contributed by atoms with Gasteiger partial charge >= 0.3 is 0 Å². The number of hydrogen-bond donors (Lipinski definition) is 1. The molecule has 1 aliphatic rings. The third-order valence-electron chi connectivity index (χ3n) is 4.42. The van der Waals surface area contributed by atoms with Crippen LogP contribution in [0.5, 0.6) is 0 Å². The molecule has 2 N–H and O–H groups in total. The molecular weight excluding hydrogens is 208 g/mol. The zero-order valence-corrected chi connectivity index (χ0v) is 12.4. The van der Waals surface area contributed by atoms with E-state index in [0.29, 0.717) is 18.0 Å². The molecule has 2 heteroatoms. The lowest BCUT2D eigenvalue weighted by molar-refractivity contribution is 0.101. The van der Waals surface area contributed by atoms with Crippen molar-refractivity contribution in [3.63, 3.8) is 0 Å². The Balaban J connectivity index is 2.58. The van der Waals surface area contributed by atoms with Gasteiger partial charge in [0.25, 0.3) is 0 Å². The molecule has 17 heavy (non-hydrogen) atoms. The molecule has 2 nitrogen and oxygen atoms in total. The number of nitrogens with two attached hydrogens (primary N) is 1. The standard InChI is InChI=1S/C15H32N2/c1-6-7-17(11(2)3)10-14-13(5)8-12(4)9-15(14)16/h11-15H,6-10,16H2,1-5H3. The van der Waals surface area contributed by atoms with Crippen LogP contribution >= 0.6 is 0 Å². The lowest BCUT2D eigenvalue weighted by atomic mass is 9.72. The minimum Gasteiger partial charge on any atom is -0.327 e. The zero-order valence-electron chi connectivity index (χ0n) is 12.4. The van der Waals surface area contributed by atoms with Gasteiger partial charge in [-0.15, -0.1) is 0 Å². The molecule has 102 valence electrons. The first-order valence-corrected chi connectivity index (χ1v) is 7.45. The Morgan fingerprint density at radius 3 is 2.35 bits per heavy atom. The van der Waals surface area contributed by atoms with Crippen LogP contribution in [-0.4, -0.2) is 30.1 Å². The van der Waals surface area contributed by atoms with Crippen molar-refractivity contribution in [2.45, 2.75) is 66.0 Å². The van der Waals surface area contributed by atoms with E-state index >= 15 is 0 Å². The van der Waals surface area contributed by atoms with E-state index in [9.17, 15) is 0 Å². The largest absolute Gasteiger partial charge is 0.327 e. The molecule has 0 spiro atoms. The fraction of sp³-hybridized carbons (Fsp3) is 1.00. The average molecular weight is 240 g/mol. The van der Waals surface area contributed by atoms with Gasteiger partial charge in [0, 0.05) is 18.6 Å². The van der Waals surface area contributed by atoms with Gasteiger partial charge in [-0.2, -0.15) is 0 Å². The minimum atomic E-state index is 0.409. The van der Waals surface area contributed by atoms with Crippen molar-refractivity contribution in [1.82, 2.24) is 4.90 Å². The van der Waals surface area contributed by atoms with Crippen molar-refractivity contribution < 1.29 is 0 Å². The molecule has 1 saturated carbocycles. The molecule has 0 aromatic carbocycles. The summed E-state index contributed by atoms with van der Waals surface area (Å²) in [6.07, 6.45) is 3.81. The number of rotatable bonds is 5. The van der Waals surface area contributed by atoms with Crippen LogP contribution in [0, 0.1) is 17.8 Å². The van der Waals surface area contributed by atoms with Crippen molar-refractivity contribution in [3.05, 3.63) is 0 Å². The normalized spacial score (nSPS) is 34.6. The summed E-state index contributed by atoms with van der Waals surface area (Å²) in [7, 11) is 0. The summed E-state index contributed by atoms with van der Waals surface area (Å²) in [5.41, 5.74) is 6.38. The zero-order chi connectivity index (χ0) is 13.0. The fourth-order valence-corrected chi connectivity index (χ4v) is 3.40. The molecule has 0 aliphatic heterocycles. The lowest BCUT2D eigenvalue weighted by Gasteiger charge is -2.41. The summed E-state index contributed by atoms with van der Waals surface area (Å²) < 4.78 is 0. The molecule has 1 fully saturated rings. The Morgan fingerprint density at radius 1 is 1.24 bits per heavy atom. The third-order valence-corrected chi connectivity index (χ3v) is 4.42. The molecule has 0 aromatic rings. The van der Waals surface area contributed by atoms with Crippen LogP contribution in [0.2, 0.25) is 0 Å². The highest BCUT2D eigenvalue weighted by atomic mass is 15.1. The topological polar surface area (TPSA) is 29.3 Å². The van der Waals surface area contributed by atoms with E-state index in [0.717, 1.165) is 11.8 Å². The first kappa shape index (κ1) is 15.0. The molecule has 0 bridgehead atoms. The van der Waals surface area contributed by atoms with Gasteiger partial charge in [-0.05, 0) is 57.4 Å². The van der Waals surface area contributed by atoms with E-state index in [2.05, 4.69) is 39.5 Å². The van der Waals surface area contributed by atoms with Crippen molar-refractivity contribution >= 4 is 0 Å². The fourth-order valence-electron chi connectivity index (χ4n) is 3.40. The van der Waals surface area contributed by atoms with E-state index in [1.807, 2.05) is 0 Å². The van der Waals surface area contributed by atoms with Gasteiger partial charge in [0.1, 0.15) is 0 Å². The highest BCUT2D eigenvalue weighted by molar-refractivity contribution is 4.87. The Kier molecular flexibility index (Phi) is 5.94. The van der Waals surface area contributed by atoms with Gasteiger partial charge in [-0.3, -0.25) is 0 Å². The molecule has 1 aliphatic carbocycles. The van der Waals surface area contributed by atoms with Crippen LogP contribution in [0.25, 0.3) is 0 Å². The van der Waals surface area contributed by atoms with Crippen LogP contribution in [-0.2, 0) is 0 Å². The third kappa shape index (κ3) is 4.26. The summed E-state index contributed by atoms with van der Waals surface area (Å²) in [6.45, 7) is 14.0. The molecule has 0 aromatic heterocycles. The maximum absolute atomic E-state index is 6.38. The van der Waals surface area contributed by atoms with Crippen LogP contribution < -0.4 is 5.73 Å². The average Bonchev–Trinajstić information content (AvgIpc) is 2.21. The number of hydrogen-bond acceptors (Lipinski definition) is 2. The van der Waals surface area contributed by atoms with E-state index < -0.39 is 0 Å². The summed E-state index contributed by atoms with van der Waals surface area (Å²) in [6, 6.07) is 1.06. The molecule has 4 atom stereocenters. The smallest absolute Gasteiger partial charge is 0.00844 e. The summed E-state index contributed by atoms with van der Waals surface area (Å²) >= 11 is 0. The Labute approximate surface area is 108 Å². The molecule has 0 amide bonds. The van der Waals surface area contributed by atoms with E-state index in [4.69, 9.17) is 5.73 Å². The maximum atomic E-state index is 6.38. The van der Waals surface area contributed by atoms with Crippen molar-refractivity contribution in [1.29, 1.82) is 0 Å². The van der Waals surface area contributed by atoms with Crippen LogP contribution in [0.3, 0.4) is 0 Å². The van der Waals surface area contributed by atoms with E-state index in [1.54, 1.807) is 0 Å². The molecule has 1 rings (SSSR count).